The average molecular weight is 470 g/mol. The van der Waals surface area contributed by atoms with Gasteiger partial charge in [0.15, 0.2) is 5.69 Å². The summed E-state index contributed by atoms with van der Waals surface area (Å²) in [6.07, 6.45) is 0.375. The number of halogens is 1. The van der Waals surface area contributed by atoms with Crippen molar-refractivity contribution < 1.29 is 14.3 Å². The van der Waals surface area contributed by atoms with E-state index in [1.54, 1.807) is 35.6 Å². The van der Waals surface area contributed by atoms with Crippen LogP contribution in [-0.2, 0) is 6.42 Å². The summed E-state index contributed by atoms with van der Waals surface area (Å²) in [5.41, 5.74) is 10.6. The number of phenols is 1. The molecule has 3 aromatic carbocycles. The average Bonchev–Trinajstić information content (AvgIpc) is 3.28. The first-order valence-corrected chi connectivity index (χ1v) is 11.4. The molecule has 2 heterocycles. The van der Waals surface area contributed by atoms with E-state index in [-0.39, 0.29) is 17.3 Å². The Morgan fingerprint density at radius 3 is 2.59 bits per heavy atom. The maximum atomic E-state index is 13.9. The number of hydrogen-bond acceptors (Lipinski definition) is 5. The second-order valence-electron chi connectivity index (χ2n) is 8.01. The van der Waals surface area contributed by atoms with Gasteiger partial charge in [-0.05, 0) is 72.1 Å². The number of primary amides is 1. The van der Waals surface area contributed by atoms with Crippen molar-refractivity contribution in [2.24, 2.45) is 5.73 Å². The number of nitrogens with zero attached hydrogens (tertiary/aromatic N) is 2. The third-order valence-corrected chi connectivity index (χ3v) is 6.76. The molecule has 0 atom stereocenters. The van der Waals surface area contributed by atoms with Gasteiger partial charge in [-0.2, -0.15) is 0 Å². The van der Waals surface area contributed by atoms with E-state index < -0.39 is 5.91 Å². The zero-order valence-electron chi connectivity index (χ0n) is 18.2. The lowest BCUT2D eigenvalue weighted by molar-refractivity contribution is 0.0994. The van der Waals surface area contributed by atoms with Crippen molar-refractivity contribution in [1.82, 2.24) is 9.97 Å². The molecule has 0 fully saturated rings. The summed E-state index contributed by atoms with van der Waals surface area (Å²) in [7, 11) is 0. The first kappa shape index (κ1) is 21.7. The fourth-order valence-electron chi connectivity index (χ4n) is 3.92. The number of aromatic hydroxyl groups is 1. The number of benzene rings is 3. The van der Waals surface area contributed by atoms with Gasteiger partial charge in [-0.15, -0.1) is 11.3 Å². The number of carbonyl (C=O) groups excluding carboxylic acids is 1. The van der Waals surface area contributed by atoms with Gasteiger partial charge in [0.25, 0.3) is 5.91 Å². The number of thiophene rings is 1. The molecule has 0 saturated carbocycles. The predicted octanol–water partition coefficient (Wildman–Crippen LogP) is 5.87. The van der Waals surface area contributed by atoms with E-state index >= 15 is 0 Å². The number of para-hydroxylation sites is 1. The largest absolute Gasteiger partial charge is 0.508 e. The molecule has 168 valence electrons. The van der Waals surface area contributed by atoms with E-state index in [1.165, 1.54) is 12.1 Å². The summed E-state index contributed by atoms with van der Waals surface area (Å²) >= 11 is 1.57. The molecule has 0 aliphatic rings. The van der Waals surface area contributed by atoms with Crippen LogP contribution in [0.15, 0.2) is 72.8 Å². The fraction of sp³-hybridized carbons (Fsp3) is 0.0741. The van der Waals surface area contributed by atoms with E-state index in [0.29, 0.717) is 28.7 Å². The van der Waals surface area contributed by atoms with Crippen LogP contribution in [0.25, 0.3) is 32.6 Å². The minimum Gasteiger partial charge on any atom is -0.508 e. The van der Waals surface area contributed by atoms with Gasteiger partial charge < -0.3 is 10.8 Å². The number of aromatic nitrogens is 2. The Morgan fingerprint density at radius 2 is 1.82 bits per heavy atom. The Kier molecular flexibility index (Phi) is 5.55. The van der Waals surface area contributed by atoms with Gasteiger partial charge in [0.2, 0.25) is 0 Å². The molecule has 0 spiro atoms. The van der Waals surface area contributed by atoms with Gasteiger partial charge in [-0.1, -0.05) is 24.3 Å². The summed E-state index contributed by atoms with van der Waals surface area (Å²) in [6, 6.07) is 21.2. The zero-order valence-corrected chi connectivity index (χ0v) is 19.1. The lowest BCUT2D eigenvalue weighted by Gasteiger charge is -2.10. The molecule has 0 aliphatic carbocycles. The Labute approximate surface area is 199 Å². The monoisotopic (exact) mass is 469 g/mol. The van der Waals surface area contributed by atoms with E-state index in [9.17, 15) is 14.3 Å². The highest BCUT2D eigenvalue weighted by molar-refractivity contribution is 7.15. The zero-order chi connectivity index (χ0) is 23.8. The van der Waals surface area contributed by atoms with Gasteiger partial charge in [-0.25, -0.2) is 14.4 Å². The summed E-state index contributed by atoms with van der Waals surface area (Å²) in [5.74, 6) is -0.731. The third kappa shape index (κ3) is 4.13. The van der Waals surface area contributed by atoms with Gasteiger partial charge in [0.05, 0.1) is 16.7 Å². The molecule has 0 bridgehead atoms. The smallest absolute Gasteiger partial charge is 0.269 e. The van der Waals surface area contributed by atoms with Crippen molar-refractivity contribution in [3.63, 3.8) is 0 Å². The molecule has 5 aromatic rings. The molecular formula is C27H20FN3O2S. The van der Waals surface area contributed by atoms with Crippen molar-refractivity contribution in [3.05, 3.63) is 100 Å². The highest BCUT2D eigenvalue weighted by Crippen LogP contribution is 2.33. The topological polar surface area (TPSA) is 89.1 Å². The number of nitrogens with two attached hydrogens (primary N) is 1. The van der Waals surface area contributed by atoms with Crippen LogP contribution >= 0.6 is 11.3 Å². The number of phenolic OH excluding ortho intramolecular Hbond substituents is 1. The molecule has 5 rings (SSSR count). The molecule has 34 heavy (non-hydrogen) atoms. The van der Waals surface area contributed by atoms with Crippen LogP contribution in [0.2, 0.25) is 0 Å². The summed E-state index contributed by atoms with van der Waals surface area (Å²) in [4.78, 5) is 23.5. The number of fused-ring (bicyclic) bond motifs is 1. The molecule has 1 amide bonds. The Balaban J connectivity index is 1.58. The van der Waals surface area contributed by atoms with Gasteiger partial charge in [-0.3, -0.25) is 4.79 Å². The number of rotatable bonds is 5. The van der Waals surface area contributed by atoms with E-state index in [4.69, 9.17) is 10.7 Å². The minimum atomic E-state index is -0.647. The van der Waals surface area contributed by atoms with Crippen molar-refractivity contribution >= 4 is 28.3 Å². The van der Waals surface area contributed by atoms with Crippen LogP contribution in [0, 0.1) is 12.7 Å². The molecule has 3 N–H and O–H groups in total. The molecule has 0 saturated heterocycles. The van der Waals surface area contributed by atoms with Gasteiger partial charge >= 0.3 is 0 Å². The highest BCUT2D eigenvalue weighted by Gasteiger charge is 2.18. The first-order chi connectivity index (χ1) is 16.4. The lowest BCUT2D eigenvalue weighted by Crippen LogP contribution is -2.17. The highest BCUT2D eigenvalue weighted by atomic mass is 32.1. The van der Waals surface area contributed by atoms with Crippen molar-refractivity contribution in [1.29, 1.82) is 0 Å². The van der Waals surface area contributed by atoms with E-state index in [0.717, 1.165) is 26.4 Å². The normalized spacial score (nSPS) is 11.1. The number of amides is 1. The molecular weight excluding hydrogens is 449 g/mol. The molecule has 2 aromatic heterocycles. The van der Waals surface area contributed by atoms with Crippen LogP contribution in [0.1, 0.15) is 26.6 Å². The van der Waals surface area contributed by atoms with Gasteiger partial charge in [0.1, 0.15) is 11.6 Å². The lowest BCUT2D eigenvalue weighted by atomic mass is 10.0. The second-order valence-corrected chi connectivity index (χ2v) is 9.18. The number of hydrogen-bond donors (Lipinski definition) is 2. The Morgan fingerprint density at radius 1 is 1.00 bits per heavy atom. The van der Waals surface area contributed by atoms with Crippen molar-refractivity contribution in [3.8, 4) is 27.3 Å². The van der Waals surface area contributed by atoms with Crippen LogP contribution in [-0.4, -0.2) is 21.0 Å². The number of carbonyl (C=O) groups is 1. The first-order valence-electron chi connectivity index (χ1n) is 10.6. The summed E-state index contributed by atoms with van der Waals surface area (Å²) in [6.45, 7) is 1.85. The SMILES string of the molecule is Cc1cc(-c2ccc(Cc3nc4c(-c5cccc(F)c5)cccc4nc3C(N)=O)s2)ccc1O. The Hall–Kier alpha value is -4.10. The second kappa shape index (κ2) is 8.68. The Bertz CT molecular complexity index is 1560. The molecule has 0 aliphatic heterocycles. The van der Waals surface area contributed by atoms with Crippen LogP contribution in [0.4, 0.5) is 4.39 Å². The maximum absolute atomic E-state index is 13.9. The molecule has 7 heteroatoms. The minimum absolute atomic E-state index is 0.124. The van der Waals surface area contributed by atoms with E-state index in [2.05, 4.69) is 4.98 Å². The molecule has 0 radical (unpaired) electrons. The molecule has 0 unspecified atom stereocenters. The summed E-state index contributed by atoms with van der Waals surface area (Å²) < 4.78 is 13.9. The van der Waals surface area contributed by atoms with Crippen molar-refractivity contribution in [2.45, 2.75) is 13.3 Å². The third-order valence-electron chi connectivity index (χ3n) is 5.62. The van der Waals surface area contributed by atoms with Gasteiger partial charge in [0, 0.05) is 21.7 Å². The van der Waals surface area contributed by atoms with Crippen LogP contribution in [0.5, 0.6) is 5.75 Å². The standard InChI is InChI=1S/C27H20FN3O2S/c1-15-12-17(8-10-23(15)32)24-11-9-19(34-24)14-22-26(27(29)33)30-21-7-3-6-20(25(21)31-22)16-4-2-5-18(28)13-16/h2-13,32H,14H2,1H3,(H2,29,33). The molecule has 5 nitrogen and oxygen atoms in total. The fourth-order valence-corrected chi connectivity index (χ4v) is 4.93. The van der Waals surface area contributed by atoms with Crippen molar-refractivity contribution in [2.75, 3.05) is 0 Å². The quantitative estimate of drug-likeness (QED) is 0.337. The van der Waals surface area contributed by atoms with E-state index in [1.807, 2.05) is 43.3 Å². The maximum Gasteiger partial charge on any atom is 0.269 e. The predicted molar refractivity (Wildman–Crippen MR) is 132 cm³/mol. The number of aryl methyl sites for hydroxylation is 1. The van der Waals surface area contributed by atoms with Crippen LogP contribution < -0.4 is 5.73 Å². The van der Waals surface area contributed by atoms with Crippen LogP contribution in [0.3, 0.4) is 0 Å². The summed E-state index contributed by atoms with van der Waals surface area (Å²) in [5, 5.41) is 9.80.